The Hall–Kier alpha value is -2.60. The molecule has 2 heterocycles. The van der Waals surface area contributed by atoms with Gasteiger partial charge in [-0.1, -0.05) is 53.5 Å². The van der Waals surface area contributed by atoms with Crippen molar-refractivity contribution >= 4 is 46.5 Å². The number of carbonyl (C=O) groups is 1. The molecule has 1 aliphatic rings. The molecule has 5 nitrogen and oxygen atoms in total. The van der Waals surface area contributed by atoms with Crippen LogP contribution >= 0.6 is 34.8 Å². The maximum Gasteiger partial charge on any atom is 0.277 e. The number of hydrogen-bond donors (Lipinski definition) is 0. The molecule has 0 saturated heterocycles. The Morgan fingerprint density at radius 3 is 2.24 bits per heavy atom. The van der Waals surface area contributed by atoms with E-state index in [1.54, 1.807) is 42.1 Å². The van der Waals surface area contributed by atoms with Gasteiger partial charge in [-0.05, 0) is 37.3 Å². The smallest absolute Gasteiger partial charge is 0.277 e. The highest BCUT2D eigenvalue weighted by Crippen LogP contribution is 2.34. The lowest BCUT2D eigenvalue weighted by molar-refractivity contribution is -0.121. The third kappa shape index (κ3) is 3.35. The molecule has 0 saturated carbocycles. The molecule has 1 aliphatic heterocycles. The number of aromatic nitrogens is 2. The van der Waals surface area contributed by atoms with Gasteiger partial charge in [-0.25, -0.2) is 9.67 Å². The van der Waals surface area contributed by atoms with Crippen molar-refractivity contribution in [1.29, 1.82) is 0 Å². The minimum atomic E-state index is -0.258. The first kappa shape index (κ1) is 19.7. The fourth-order valence-corrected chi connectivity index (χ4v) is 3.85. The van der Waals surface area contributed by atoms with Crippen LogP contribution in [-0.4, -0.2) is 33.5 Å². The lowest BCUT2D eigenvalue weighted by atomic mass is 10.1. The molecule has 146 valence electrons. The van der Waals surface area contributed by atoms with Crippen LogP contribution < -0.4 is 0 Å². The molecule has 0 N–H and O–H groups in total. The molecule has 1 amide bonds. The van der Waals surface area contributed by atoms with Gasteiger partial charge in [0.2, 0.25) is 0 Å². The van der Waals surface area contributed by atoms with Gasteiger partial charge in [0, 0.05) is 28.2 Å². The number of carbonyl (C=O) groups excluding carboxylic acids is 1. The van der Waals surface area contributed by atoms with Crippen molar-refractivity contribution in [3.63, 3.8) is 0 Å². The first-order chi connectivity index (χ1) is 13.8. The summed E-state index contributed by atoms with van der Waals surface area (Å²) >= 11 is 18.6. The Kier molecular flexibility index (Phi) is 4.99. The van der Waals surface area contributed by atoms with Crippen molar-refractivity contribution in [3.8, 4) is 16.9 Å². The van der Waals surface area contributed by atoms with E-state index in [-0.39, 0.29) is 11.6 Å². The van der Waals surface area contributed by atoms with Crippen molar-refractivity contribution in [1.82, 2.24) is 14.7 Å². The molecule has 1 aromatic heterocycles. The number of likely N-dealkylation sites (N-methyl/N-ethyl adjacent to an activating group) is 1. The van der Waals surface area contributed by atoms with Crippen molar-refractivity contribution in [2.45, 2.75) is 6.92 Å². The third-order valence-electron chi connectivity index (χ3n) is 4.70. The molecular weight excluding hydrogens is 431 g/mol. The zero-order chi connectivity index (χ0) is 20.9. The maximum atomic E-state index is 12.2. The highest BCUT2D eigenvalue weighted by Gasteiger charge is 2.31. The fourth-order valence-electron chi connectivity index (χ4n) is 3.23. The first-order valence-electron chi connectivity index (χ1n) is 8.65. The van der Waals surface area contributed by atoms with Crippen LogP contribution in [0.1, 0.15) is 11.3 Å². The molecule has 0 spiro atoms. The van der Waals surface area contributed by atoms with E-state index in [2.05, 4.69) is 11.6 Å². The van der Waals surface area contributed by atoms with Crippen molar-refractivity contribution < 1.29 is 4.79 Å². The summed E-state index contributed by atoms with van der Waals surface area (Å²) in [5.41, 5.74) is 3.93. The second-order valence-electron chi connectivity index (χ2n) is 6.58. The summed E-state index contributed by atoms with van der Waals surface area (Å²) < 4.78 is 1.73. The van der Waals surface area contributed by atoms with Gasteiger partial charge >= 0.3 is 0 Å². The lowest BCUT2D eigenvalue weighted by Gasteiger charge is -2.11. The summed E-state index contributed by atoms with van der Waals surface area (Å²) in [5.74, 6) is 0.183. The average molecular weight is 446 g/mol. The number of hydrogen-bond acceptors (Lipinski definition) is 3. The molecule has 2 aromatic carbocycles. The molecule has 0 bridgehead atoms. The van der Waals surface area contributed by atoms with Crippen LogP contribution in [0, 0.1) is 6.92 Å². The SMILES string of the molecule is C=C1N=C(c2nn(-c3ccc(Cl)cc3Cl)c(-c3ccc(Cl)cc3)c2C)N(C)C1=O. The Labute approximate surface area is 182 Å². The number of aliphatic imine (C=N–C) groups is 1. The van der Waals surface area contributed by atoms with Gasteiger partial charge in [0.05, 0.1) is 16.4 Å². The van der Waals surface area contributed by atoms with E-state index in [1.165, 1.54) is 4.90 Å². The van der Waals surface area contributed by atoms with E-state index in [0.29, 0.717) is 32.3 Å². The molecule has 8 heteroatoms. The molecule has 3 aromatic rings. The number of halogens is 3. The number of rotatable bonds is 3. The Bertz CT molecular complexity index is 1200. The molecule has 4 rings (SSSR count). The van der Waals surface area contributed by atoms with Gasteiger partial charge in [0.15, 0.2) is 5.84 Å². The summed E-state index contributed by atoms with van der Waals surface area (Å²) in [7, 11) is 1.65. The normalized spacial score (nSPS) is 14.0. The Balaban J connectivity index is 1.99. The van der Waals surface area contributed by atoms with Crippen LogP contribution in [0.15, 0.2) is 59.7 Å². The minimum Gasteiger partial charge on any atom is -0.293 e. The highest BCUT2D eigenvalue weighted by molar-refractivity contribution is 6.35. The highest BCUT2D eigenvalue weighted by atomic mass is 35.5. The van der Waals surface area contributed by atoms with E-state index in [4.69, 9.17) is 39.9 Å². The maximum absolute atomic E-state index is 12.2. The predicted molar refractivity (Wildman–Crippen MR) is 117 cm³/mol. The minimum absolute atomic E-state index is 0.175. The number of amidine groups is 1. The van der Waals surface area contributed by atoms with Gasteiger partial charge in [-0.15, -0.1) is 0 Å². The second-order valence-corrected chi connectivity index (χ2v) is 7.86. The summed E-state index contributed by atoms with van der Waals surface area (Å²) in [6.07, 6.45) is 0. The van der Waals surface area contributed by atoms with E-state index >= 15 is 0 Å². The monoisotopic (exact) mass is 444 g/mol. The summed E-state index contributed by atoms with van der Waals surface area (Å²) in [6.45, 7) is 5.63. The zero-order valence-electron chi connectivity index (χ0n) is 15.6. The third-order valence-corrected chi connectivity index (χ3v) is 5.49. The fraction of sp³-hybridized carbons (Fsp3) is 0.0952. The summed E-state index contributed by atoms with van der Waals surface area (Å²) in [4.78, 5) is 18.0. The Morgan fingerprint density at radius 1 is 1.00 bits per heavy atom. The zero-order valence-corrected chi connectivity index (χ0v) is 17.8. The van der Waals surface area contributed by atoms with Crippen molar-refractivity contribution in [2.24, 2.45) is 4.99 Å². The number of benzene rings is 2. The number of amides is 1. The molecule has 29 heavy (non-hydrogen) atoms. The van der Waals surface area contributed by atoms with Crippen LogP contribution in [-0.2, 0) is 4.79 Å². The van der Waals surface area contributed by atoms with Gasteiger partial charge in [-0.2, -0.15) is 5.10 Å². The van der Waals surface area contributed by atoms with E-state index < -0.39 is 0 Å². The molecule has 0 fully saturated rings. The lowest BCUT2D eigenvalue weighted by Crippen LogP contribution is -2.29. The van der Waals surface area contributed by atoms with Gasteiger partial charge < -0.3 is 0 Å². The van der Waals surface area contributed by atoms with E-state index in [9.17, 15) is 4.79 Å². The molecule has 0 atom stereocenters. The van der Waals surface area contributed by atoms with Crippen LogP contribution in [0.25, 0.3) is 16.9 Å². The summed E-state index contributed by atoms with van der Waals surface area (Å²) in [5, 5.41) is 6.36. The second kappa shape index (κ2) is 7.34. The van der Waals surface area contributed by atoms with Crippen LogP contribution in [0.2, 0.25) is 15.1 Å². The molecule has 0 aliphatic carbocycles. The standard InChI is InChI=1S/C21H15Cl3N4O/c1-11-18(20-25-12(2)21(29)27(20)3)26-28(17-9-8-15(23)10-16(17)24)19(11)13-4-6-14(22)7-5-13/h4-10H,2H2,1,3H3. The van der Waals surface area contributed by atoms with E-state index in [0.717, 1.165) is 16.8 Å². The molecular formula is C21H15Cl3N4O. The van der Waals surface area contributed by atoms with Crippen LogP contribution in [0.3, 0.4) is 0 Å². The van der Waals surface area contributed by atoms with Crippen LogP contribution in [0.5, 0.6) is 0 Å². The average Bonchev–Trinajstić information content (AvgIpc) is 3.14. The predicted octanol–water partition coefficient (Wildman–Crippen LogP) is 5.54. The molecule has 0 radical (unpaired) electrons. The van der Waals surface area contributed by atoms with Gasteiger partial charge in [0.1, 0.15) is 11.4 Å². The van der Waals surface area contributed by atoms with Crippen molar-refractivity contribution in [3.05, 3.63) is 81.1 Å². The van der Waals surface area contributed by atoms with E-state index in [1.807, 2.05) is 19.1 Å². The quantitative estimate of drug-likeness (QED) is 0.497. The van der Waals surface area contributed by atoms with Gasteiger partial charge in [-0.3, -0.25) is 9.69 Å². The summed E-state index contributed by atoms with van der Waals surface area (Å²) in [6, 6.07) is 12.6. The topological polar surface area (TPSA) is 50.5 Å². The van der Waals surface area contributed by atoms with Crippen LogP contribution in [0.4, 0.5) is 0 Å². The van der Waals surface area contributed by atoms with Crippen molar-refractivity contribution in [2.75, 3.05) is 7.05 Å². The largest absolute Gasteiger partial charge is 0.293 e. The number of nitrogens with zero attached hydrogens (tertiary/aromatic N) is 4. The molecule has 0 unspecified atom stereocenters. The first-order valence-corrected chi connectivity index (χ1v) is 9.78. The van der Waals surface area contributed by atoms with Gasteiger partial charge in [0.25, 0.3) is 5.91 Å². The Morgan fingerprint density at radius 2 is 1.66 bits per heavy atom.